The monoisotopic (exact) mass is 159 g/mol. The molecule has 0 saturated heterocycles. The van der Waals surface area contributed by atoms with Gasteiger partial charge in [-0.05, 0) is 13.5 Å². The second-order valence-electron chi connectivity index (χ2n) is 3.06. The Bertz CT molecular complexity index is 76.0. The van der Waals surface area contributed by atoms with E-state index in [-0.39, 0.29) is 6.10 Å². The first-order chi connectivity index (χ1) is 5.31. The highest BCUT2D eigenvalue weighted by Crippen LogP contribution is 2.04. The highest BCUT2D eigenvalue weighted by Gasteiger charge is 2.00. The summed E-state index contributed by atoms with van der Waals surface area (Å²) >= 11 is 0. The van der Waals surface area contributed by atoms with Crippen LogP contribution < -0.4 is 5.32 Å². The standard InChI is InChI=1S/C9H21NO/c1-3-4-5-6-7-9(11)8-10-2/h9-11H,3-8H2,1-2H3. The summed E-state index contributed by atoms with van der Waals surface area (Å²) in [7, 11) is 1.87. The second-order valence-corrected chi connectivity index (χ2v) is 3.06. The predicted octanol–water partition coefficient (Wildman–Crippen LogP) is 1.54. The number of aliphatic hydroxyl groups excluding tert-OH is 1. The molecule has 0 fully saturated rings. The lowest BCUT2D eigenvalue weighted by Gasteiger charge is -2.08. The first kappa shape index (κ1) is 10.9. The molecular formula is C9H21NO. The molecule has 0 radical (unpaired) electrons. The van der Waals surface area contributed by atoms with Crippen LogP contribution in [0.15, 0.2) is 0 Å². The molecule has 68 valence electrons. The summed E-state index contributed by atoms with van der Waals surface area (Å²) in [5.74, 6) is 0. The molecule has 0 aromatic carbocycles. The highest BCUT2D eigenvalue weighted by molar-refractivity contribution is 4.57. The van der Waals surface area contributed by atoms with Gasteiger partial charge in [-0.15, -0.1) is 0 Å². The molecule has 11 heavy (non-hydrogen) atoms. The number of likely N-dealkylation sites (N-methyl/N-ethyl adjacent to an activating group) is 1. The fourth-order valence-corrected chi connectivity index (χ4v) is 1.14. The van der Waals surface area contributed by atoms with E-state index in [1.54, 1.807) is 0 Å². The lowest BCUT2D eigenvalue weighted by molar-refractivity contribution is 0.160. The first-order valence-electron chi connectivity index (χ1n) is 4.64. The van der Waals surface area contributed by atoms with Crippen molar-refractivity contribution in [2.45, 2.75) is 45.1 Å². The number of nitrogens with one attached hydrogen (secondary N) is 1. The van der Waals surface area contributed by atoms with Crippen LogP contribution in [0.5, 0.6) is 0 Å². The number of rotatable bonds is 7. The van der Waals surface area contributed by atoms with Gasteiger partial charge in [0.2, 0.25) is 0 Å². The van der Waals surface area contributed by atoms with Gasteiger partial charge in [0.1, 0.15) is 0 Å². The lowest BCUT2D eigenvalue weighted by atomic mass is 10.1. The van der Waals surface area contributed by atoms with Gasteiger partial charge in [-0.3, -0.25) is 0 Å². The highest BCUT2D eigenvalue weighted by atomic mass is 16.3. The summed E-state index contributed by atoms with van der Waals surface area (Å²) < 4.78 is 0. The molecule has 0 heterocycles. The minimum atomic E-state index is -0.142. The molecule has 0 spiro atoms. The Morgan fingerprint density at radius 3 is 2.55 bits per heavy atom. The Labute approximate surface area is 70.0 Å². The molecule has 0 aromatic heterocycles. The molecule has 1 atom stereocenters. The van der Waals surface area contributed by atoms with E-state index in [0.29, 0.717) is 0 Å². The van der Waals surface area contributed by atoms with Crippen molar-refractivity contribution < 1.29 is 5.11 Å². The van der Waals surface area contributed by atoms with E-state index in [1.165, 1.54) is 19.3 Å². The largest absolute Gasteiger partial charge is 0.392 e. The van der Waals surface area contributed by atoms with Crippen LogP contribution in [0.2, 0.25) is 0 Å². The van der Waals surface area contributed by atoms with Crippen LogP contribution in [0.3, 0.4) is 0 Å². The van der Waals surface area contributed by atoms with E-state index in [4.69, 9.17) is 0 Å². The van der Waals surface area contributed by atoms with Crippen molar-refractivity contribution in [3.8, 4) is 0 Å². The summed E-state index contributed by atoms with van der Waals surface area (Å²) in [5, 5.41) is 12.2. The number of aliphatic hydroxyl groups is 1. The van der Waals surface area contributed by atoms with E-state index < -0.39 is 0 Å². The molecule has 1 unspecified atom stereocenters. The first-order valence-corrected chi connectivity index (χ1v) is 4.64. The van der Waals surface area contributed by atoms with Crippen LogP contribution in [0.1, 0.15) is 39.0 Å². The molecule has 0 aromatic rings. The molecule has 0 aliphatic heterocycles. The van der Waals surface area contributed by atoms with Crippen LogP contribution in [-0.4, -0.2) is 24.8 Å². The zero-order valence-corrected chi connectivity index (χ0v) is 7.77. The van der Waals surface area contributed by atoms with Crippen molar-refractivity contribution in [1.82, 2.24) is 5.32 Å². The average Bonchev–Trinajstić information content (AvgIpc) is 1.99. The molecule has 0 rings (SSSR count). The quantitative estimate of drug-likeness (QED) is 0.552. The van der Waals surface area contributed by atoms with E-state index in [0.717, 1.165) is 19.4 Å². The topological polar surface area (TPSA) is 32.3 Å². The Kier molecular flexibility index (Phi) is 7.96. The maximum atomic E-state index is 9.29. The number of hydrogen-bond acceptors (Lipinski definition) is 2. The van der Waals surface area contributed by atoms with E-state index in [2.05, 4.69) is 12.2 Å². The molecule has 0 bridgehead atoms. The maximum Gasteiger partial charge on any atom is 0.0664 e. The zero-order valence-electron chi connectivity index (χ0n) is 7.77. The molecular weight excluding hydrogens is 138 g/mol. The van der Waals surface area contributed by atoms with Crippen molar-refractivity contribution in [3.05, 3.63) is 0 Å². The van der Waals surface area contributed by atoms with Gasteiger partial charge < -0.3 is 10.4 Å². The third-order valence-corrected chi connectivity index (χ3v) is 1.83. The second kappa shape index (κ2) is 8.02. The fourth-order valence-electron chi connectivity index (χ4n) is 1.14. The number of unbranched alkanes of at least 4 members (excludes halogenated alkanes) is 3. The van der Waals surface area contributed by atoms with E-state index >= 15 is 0 Å². The van der Waals surface area contributed by atoms with Crippen LogP contribution in [0.25, 0.3) is 0 Å². The average molecular weight is 159 g/mol. The van der Waals surface area contributed by atoms with Gasteiger partial charge >= 0.3 is 0 Å². The summed E-state index contributed by atoms with van der Waals surface area (Å²) in [6, 6.07) is 0. The minimum absolute atomic E-state index is 0.142. The van der Waals surface area contributed by atoms with Crippen molar-refractivity contribution in [1.29, 1.82) is 0 Å². The predicted molar refractivity (Wildman–Crippen MR) is 48.7 cm³/mol. The Balaban J connectivity index is 2.97. The number of hydrogen-bond donors (Lipinski definition) is 2. The van der Waals surface area contributed by atoms with Gasteiger partial charge in [0.25, 0.3) is 0 Å². The van der Waals surface area contributed by atoms with Crippen molar-refractivity contribution >= 4 is 0 Å². The molecule has 2 N–H and O–H groups in total. The minimum Gasteiger partial charge on any atom is -0.392 e. The lowest BCUT2D eigenvalue weighted by Crippen LogP contribution is -2.23. The Morgan fingerprint density at radius 1 is 1.27 bits per heavy atom. The van der Waals surface area contributed by atoms with Gasteiger partial charge in [-0.25, -0.2) is 0 Å². The van der Waals surface area contributed by atoms with Gasteiger partial charge in [0.05, 0.1) is 6.10 Å². The third-order valence-electron chi connectivity index (χ3n) is 1.83. The van der Waals surface area contributed by atoms with Crippen molar-refractivity contribution in [2.24, 2.45) is 0 Å². The molecule has 0 aliphatic carbocycles. The van der Waals surface area contributed by atoms with Crippen LogP contribution in [-0.2, 0) is 0 Å². The summed E-state index contributed by atoms with van der Waals surface area (Å²) in [6.07, 6.45) is 5.79. The fraction of sp³-hybridized carbons (Fsp3) is 1.00. The molecule has 0 amide bonds. The smallest absolute Gasteiger partial charge is 0.0664 e. The third kappa shape index (κ3) is 7.82. The summed E-state index contributed by atoms with van der Waals surface area (Å²) in [5.41, 5.74) is 0. The molecule has 2 heteroatoms. The van der Waals surface area contributed by atoms with Crippen LogP contribution >= 0.6 is 0 Å². The van der Waals surface area contributed by atoms with Crippen molar-refractivity contribution in [2.75, 3.05) is 13.6 Å². The maximum absolute atomic E-state index is 9.29. The van der Waals surface area contributed by atoms with Gasteiger partial charge in [0, 0.05) is 6.54 Å². The summed E-state index contributed by atoms with van der Waals surface area (Å²) in [4.78, 5) is 0. The van der Waals surface area contributed by atoms with Gasteiger partial charge in [-0.1, -0.05) is 32.6 Å². The van der Waals surface area contributed by atoms with Crippen LogP contribution in [0.4, 0.5) is 0 Å². The molecule has 0 saturated carbocycles. The Hall–Kier alpha value is -0.0800. The van der Waals surface area contributed by atoms with E-state index in [1.807, 2.05) is 7.05 Å². The van der Waals surface area contributed by atoms with E-state index in [9.17, 15) is 5.11 Å². The SMILES string of the molecule is CCCCCCC(O)CNC. The summed E-state index contributed by atoms with van der Waals surface area (Å²) in [6.45, 7) is 2.93. The van der Waals surface area contributed by atoms with Crippen molar-refractivity contribution in [3.63, 3.8) is 0 Å². The van der Waals surface area contributed by atoms with Gasteiger partial charge in [-0.2, -0.15) is 0 Å². The molecule has 2 nitrogen and oxygen atoms in total. The van der Waals surface area contributed by atoms with Gasteiger partial charge in [0.15, 0.2) is 0 Å². The normalized spacial score (nSPS) is 13.4. The molecule has 0 aliphatic rings. The zero-order chi connectivity index (χ0) is 8.53. The Morgan fingerprint density at radius 2 is 2.00 bits per heavy atom. The van der Waals surface area contributed by atoms with Crippen LogP contribution in [0, 0.1) is 0 Å².